The predicted octanol–water partition coefficient (Wildman–Crippen LogP) is 2.17. The van der Waals surface area contributed by atoms with Crippen molar-refractivity contribution in [1.82, 2.24) is 14.3 Å². The van der Waals surface area contributed by atoms with E-state index in [0.717, 1.165) is 67.2 Å². The lowest BCUT2D eigenvalue weighted by Crippen LogP contribution is -2.47. The number of para-hydroxylation sites is 2. The Bertz CT molecular complexity index is 979. The summed E-state index contributed by atoms with van der Waals surface area (Å²) < 4.78 is 2.13. The van der Waals surface area contributed by atoms with E-state index in [1.165, 1.54) is 0 Å². The molecule has 1 aliphatic rings. The minimum atomic E-state index is 0.247. The number of hydrogen-bond donors (Lipinski definition) is 1. The maximum absolute atomic E-state index is 9.62. The number of piperazine rings is 1. The molecule has 3 aromatic rings. The number of aryl methyl sites for hydroxylation is 1. The van der Waals surface area contributed by atoms with Crippen LogP contribution < -0.4 is 4.90 Å². The molecule has 0 radical (unpaired) electrons. The summed E-state index contributed by atoms with van der Waals surface area (Å²) in [7, 11) is 0. The van der Waals surface area contributed by atoms with E-state index in [9.17, 15) is 5.26 Å². The molecule has 26 heavy (non-hydrogen) atoms. The summed E-state index contributed by atoms with van der Waals surface area (Å²) in [5.41, 5.74) is 4.31. The Kier molecular flexibility index (Phi) is 4.49. The number of anilines is 1. The van der Waals surface area contributed by atoms with Gasteiger partial charge in [-0.15, -0.1) is 0 Å². The number of nitriles is 1. The third-order valence-electron chi connectivity index (χ3n) is 5.19. The number of imidazole rings is 1. The number of hydrogen-bond acceptors (Lipinski definition) is 5. The van der Waals surface area contributed by atoms with Crippen LogP contribution in [-0.4, -0.2) is 58.7 Å². The van der Waals surface area contributed by atoms with Crippen molar-refractivity contribution in [3.05, 3.63) is 41.5 Å². The molecule has 1 aromatic carbocycles. The Labute approximate surface area is 152 Å². The lowest BCUT2D eigenvalue weighted by Gasteiger charge is -2.36. The maximum atomic E-state index is 9.62. The molecule has 0 aliphatic carbocycles. The molecule has 0 spiro atoms. The molecular formula is C20H23N5O. The van der Waals surface area contributed by atoms with E-state index in [4.69, 9.17) is 10.1 Å². The average molecular weight is 349 g/mol. The van der Waals surface area contributed by atoms with E-state index in [2.05, 4.69) is 32.4 Å². The molecule has 3 heterocycles. The first kappa shape index (κ1) is 16.8. The monoisotopic (exact) mass is 349 g/mol. The molecule has 1 fully saturated rings. The number of fused-ring (bicyclic) bond motifs is 3. The fourth-order valence-corrected chi connectivity index (χ4v) is 3.80. The SMILES string of the molecule is Cc1cc(N2CCN(CCCO)CC2)n2c(nc3ccccc32)c1C#N. The summed E-state index contributed by atoms with van der Waals surface area (Å²) in [6, 6.07) is 12.5. The van der Waals surface area contributed by atoms with E-state index in [0.29, 0.717) is 5.56 Å². The maximum Gasteiger partial charge on any atom is 0.157 e. The van der Waals surface area contributed by atoms with Gasteiger partial charge in [0.25, 0.3) is 0 Å². The first-order chi connectivity index (χ1) is 12.7. The molecule has 0 saturated carbocycles. The number of pyridine rings is 1. The first-order valence-corrected chi connectivity index (χ1v) is 9.12. The molecule has 134 valence electrons. The molecule has 0 amide bonds. The van der Waals surface area contributed by atoms with Gasteiger partial charge < -0.3 is 10.0 Å². The van der Waals surface area contributed by atoms with E-state index in [1.54, 1.807) is 0 Å². The molecular weight excluding hydrogens is 326 g/mol. The lowest BCUT2D eigenvalue weighted by atomic mass is 10.1. The average Bonchev–Trinajstić information content (AvgIpc) is 3.05. The quantitative estimate of drug-likeness (QED) is 0.782. The van der Waals surface area contributed by atoms with Crippen LogP contribution in [0.5, 0.6) is 0 Å². The highest BCUT2D eigenvalue weighted by Crippen LogP contribution is 2.29. The third-order valence-corrected chi connectivity index (χ3v) is 5.19. The van der Waals surface area contributed by atoms with Crippen LogP contribution in [0.15, 0.2) is 30.3 Å². The van der Waals surface area contributed by atoms with Crippen LogP contribution >= 0.6 is 0 Å². The molecule has 0 atom stereocenters. The molecule has 0 unspecified atom stereocenters. The fraction of sp³-hybridized carbons (Fsp3) is 0.400. The molecule has 2 aromatic heterocycles. The van der Waals surface area contributed by atoms with Crippen molar-refractivity contribution >= 4 is 22.5 Å². The first-order valence-electron chi connectivity index (χ1n) is 9.12. The van der Waals surface area contributed by atoms with Crippen LogP contribution in [-0.2, 0) is 0 Å². The Hall–Kier alpha value is -2.62. The Balaban J connectivity index is 1.77. The van der Waals surface area contributed by atoms with Crippen LogP contribution in [0, 0.1) is 18.3 Å². The summed E-state index contributed by atoms with van der Waals surface area (Å²) >= 11 is 0. The largest absolute Gasteiger partial charge is 0.396 e. The van der Waals surface area contributed by atoms with Crippen molar-refractivity contribution in [1.29, 1.82) is 5.26 Å². The lowest BCUT2D eigenvalue weighted by molar-refractivity contribution is 0.215. The summed E-state index contributed by atoms with van der Waals surface area (Å²) in [5, 5.41) is 18.6. The second kappa shape index (κ2) is 6.94. The van der Waals surface area contributed by atoms with E-state index < -0.39 is 0 Å². The van der Waals surface area contributed by atoms with Gasteiger partial charge in [-0.05, 0) is 37.1 Å². The van der Waals surface area contributed by atoms with Gasteiger partial charge in [-0.2, -0.15) is 5.26 Å². The van der Waals surface area contributed by atoms with Crippen molar-refractivity contribution in [3.8, 4) is 6.07 Å². The van der Waals surface area contributed by atoms with Gasteiger partial charge in [0.2, 0.25) is 0 Å². The zero-order valence-electron chi connectivity index (χ0n) is 15.0. The smallest absolute Gasteiger partial charge is 0.157 e. The zero-order valence-corrected chi connectivity index (χ0v) is 15.0. The van der Waals surface area contributed by atoms with Crippen molar-refractivity contribution in [2.24, 2.45) is 0 Å². The third kappa shape index (κ3) is 2.79. The molecule has 6 heteroatoms. The number of aliphatic hydroxyl groups is 1. The Morgan fingerprint density at radius 3 is 2.69 bits per heavy atom. The van der Waals surface area contributed by atoms with Crippen LogP contribution in [0.1, 0.15) is 17.5 Å². The van der Waals surface area contributed by atoms with E-state index >= 15 is 0 Å². The zero-order chi connectivity index (χ0) is 18.1. The van der Waals surface area contributed by atoms with Crippen molar-refractivity contribution < 1.29 is 5.11 Å². The number of aliphatic hydroxyl groups excluding tert-OH is 1. The van der Waals surface area contributed by atoms with Gasteiger partial charge in [-0.25, -0.2) is 4.98 Å². The normalized spacial score (nSPS) is 15.7. The van der Waals surface area contributed by atoms with Gasteiger partial charge in [0.15, 0.2) is 5.65 Å². The molecule has 1 N–H and O–H groups in total. The second-order valence-electron chi connectivity index (χ2n) is 6.84. The number of nitrogens with zero attached hydrogens (tertiary/aromatic N) is 5. The van der Waals surface area contributed by atoms with Crippen LogP contribution in [0.25, 0.3) is 16.7 Å². The second-order valence-corrected chi connectivity index (χ2v) is 6.84. The molecule has 1 aliphatic heterocycles. The minimum Gasteiger partial charge on any atom is -0.396 e. The van der Waals surface area contributed by atoms with E-state index in [-0.39, 0.29) is 6.61 Å². The Morgan fingerprint density at radius 2 is 1.96 bits per heavy atom. The van der Waals surface area contributed by atoms with Crippen molar-refractivity contribution in [3.63, 3.8) is 0 Å². The van der Waals surface area contributed by atoms with Gasteiger partial charge in [0, 0.05) is 39.3 Å². The standard InChI is InChI=1S/C20H23N5O/c1-15-13-19(24-10-8-23(9-11-24)7-4-12-26)25-18-6-3-2-5-17(18)22-20(25)16(15)14-21/h2-3,5-6,13,26H,4,7-12H2,1H3. The van der Waals surface area contributed by atoms with Gasteiger partial charge in [0.1, 0.15) is 11.9 Å². The van der Waals surface area contributed by atoms with Gasteiger partial charge in [0.05, 0.1) is 16.6 Å². The minimum absolute atomic E-state index is 0.247. The summed E-state index contributed by atoms with van der Waals surface area (Å²) in [6.07, 6.45) is 0.826. The molecule has 6 nitrogen and oxygen atoms in total. The summed E-state index contributed by atoms with van der Waals surface area (Å²) in [5.74, 6) is 1.10. The van der Waals surface area contributed by atoms with Crippen LogP contribution in [0.4, 0.5) is 5.82 Å². The Morgan fingerprint density at radius 1 is 1.19 bits per heavy atom. The number of benzene rings is 1. The van der Waals surface area contributed by atoms with Crippen LogP contribution in [0.3, 0.4) is 0 Å². The van der Waals surface area contributed by atoms with Crippen molar-refractivity contribution in [2.45, 2.75) is 13.3 Å². The summed E-state index contributed by atoms with van der Waals surface area (Å²) in [4.78, 5) is 9.51. The highest BCUT2D eigenvalue weighted by Gasteiger charge is 2.22. The van der Waals surface area contributed by atoms with Gasteiger partial charge in [-0.3, -0.25) is 9.30 Å². The van der Waals surface area contributed by atoms with Gasteiger partial charge >= 0.3 is 0 Å². The fourth-order valence-electron chi connectivity index (χ4n) is 3.80. The number of aromatic nitrogens is 2. The highest BCUT2D eigenvalue weighted by molar-refractivity contribution is 5.85. The van der Waals surface area contributed by atoms with E-state index in [1.807, 2.05) is 25.1 Å². The van der Waals surface area contributed by atoms with Crippen LogP contribution in [0.2, 0.25) is 0 Å². The molecule has 4 rings (SSSR count). The number of rotatable bonds is 4. The van der Waals surface area contributed by atoms with Gasteiger partial charge in [-0.1, -0.05) is 12.1 Å². The predicted molar refractivity (Wildman–Crippen MR) is 103 cm³/mol. The topological polar surface area (TPSA) is 67.8 Å². The molecule has 1 saturated heterocycles. The van der Waals surface area contributed by atoms with Crippen molar-refractivity contribution in [2.75, 3.05) is 44.2 Å². The highest BCUT2D eigenvalue weighted by atomic mass is 16.3. The molecule has 0 bridgehead atoms. The summed E-state index contributed by atoms with van der Waals surface area (Å²) in [6.45, 7) is 6.99.